The van der Waals surface area contributed by atoms with Gasteiger partial charge in [-0.3, -0.25) is 0 Å². The van der Waals surface area contributed by atoms with Crippen molar-refractivity contribution in [3.8, 4) is 0 Å². The van der Waals surface area contributed by atoms with Crippen LogP contribution in [0, 0.1) is 0 Å². The first-order valence-corrected chi connectivity index (χ1v) is 7.59. The molecule has 3 rings (SSSR count). The van der Waals surface area contributed by atoms with Crippen molar-refractivity contribution >= 4 is 17.3 Å². The number of nitrogen functional groups attached to an aromatic ring is 1. The van der Waals surface area contributed by atoms with Gasteiger partial charge in [0.1, 0.15) is 6.10 Å². The van der Waals surface area contributed by atoms with Crippen LogP contribution in [-0.2, 0) is 4.74 Å². The monoisotopic (exact) mass is 296 g/mol. The van der Waals surface area contributed by atoms with E-state index in [1.165, 1.54) is 5.69 Å². The number of ether oxygens (including phenoxy) is 1. The molecule has 0 amide bonds. The highest BCUT2D eigenvalue weighted by atomic mass is 16.5. The molecule has 0 unspecified atom stereocenters. The number of rotatable bonds is 3. The van der Waals surface area contributed by atoms with Gasteiger partial charge in [-0.2, -0.15) is 0 Å². The molecule has 1 saturated heterocycles. The van der Waals surface area contributed by atoms with E-state index >= 15 is 0 Å². The molecule has 0 atom stereocenters. The summed E-state index contributed by atoms with van der Waals surface area (Å²) >= 11 is 0. The summed E-state index contributed by atoms with van der Waals surface area (Å²) in [5, 5.41) is 0. The first kappa shape index (κ1) is 14.4. The van der Waals surface area contributed by atoms with Crippen LogP contribution in [0.4, 0.5) is 11.4 Å². The summed E-state index contributed by atoms with van der Waals surface area (Å²) in [6.07, 6.45) is 1.70. The Morgan fingerprint density at radius 1 is 1.00 bits per heavy atom. The van der Waals surface area contributed by atoms with Crippen molar-refractivity contribution in [3.63, 3.8) is 0 Å². The zero-order chi connectivity index (χ0) is 15.4. The van der Waals surface area contributed by atoms with Crippen molar-refractivity contribution in [2.75, 3.05) is 23.7 Å². The Labute approximate surface area is 130 Å². The number of nitrogens with zero attached hydrogens (tertiary/aromatic N) is 1. The fourth-order valence-electron chi connectivity index (χ4n) is 2.71. The molecule has 0 saturated carbocycles. The van der Waals surface area contributed by atoms with E-state index < -0.39 is 0 Å². The third-order valence-corrected chi connectivity index (χ3v) is 3.98. The lowest BCUT2D eigenvalue weighted by molar-refractivity contribution is 0.0245. The van der Waals surface area contributed by atoms with Gasteiger partial charge in [0, 0.05) is 37.3 Å². The van der Waals surface area contributed by atoms with Gasteiger partial charge in [0.15, 0.2) is 0 Å². The molecule has 2 N–H and O–H groups in total. The standard InChI is InChI=1S/C18H20N2O2/c19-15-6-8-16(9-7-15)20-12-10-17(11-13-20)22-18(21)14-4-2-1-3-5-14/h1-9,17H,10-13,19H2. The summed E-state index contributed by atoms with van der Waals surface area (Å²) in [5.41, 5.74) is 8.27. The van der Waals surface area contributed by atoms with Gasteiger partial charge in [-0.25, -0.2) is 4.79 Å². The minimum Gasteiger partial charge on any atom is -0.459 e. The normalized spacial score (nSPS) is 15.5. The van der Waals surface area contributed by atoms with Gasteiger partial charge in [-0.1, -0.05) is 18.2 Å². The second kappa shape index (κ2) is 6.52. The van der Waals surface area contributed by atoms with E-state index in [2.05, 4.69) is 4.90 Å². The van der Waals surface area contributed by atoms with Crippen molar-refractivity contribution in [3.05, 3.63) is 60.2 Å². The summed E-state index contributed by atoms with van der Waals surface area (Å²) in [6, 6.07) is 17.0. The van der Waals surface area contributed by atoms with Crippen molar-refractivity contribution in [2.45, 2.75) is 18.9 Å². The number of esters is 1. The number of piperidine rings is 1. The zero-order valence-corrected chi connectivity index (χ0v) is 12.4. The molecule has 114 valence electrons. The molecular formula is C18H20N2O2. The molecule has 1 aliphatic rings. The van der Waals surface area contributed by atoms with E-state index in [0.29, 0.717) is 5.56 Å². The Balaban J connectivity index is 1.53. The molecular weight excluding hydrogens is 276 g/mol. The first-order valence-electron chi connectivity index (χ1n) is 7.59. The maximum atomic E-state index is 12.1. The lowest BCUT2D eigenvalue weighted by Crippen LogP contribution is -2.37. The predicted octanol–water partition coefficient (Wildman–Crippen LogP) is 3.09. The summed E-state index contributed by atoms with van der Waals surface area (Å²) in [4.78, 5) is 14.4. The van der Waals surface area contributed by atoms with Gasteiger partial charge in [0.2, 0.25) is 0 Å². The third-order valence-electron chi connectivity index (χ3n) is 3.98. The van der Waals surface area contributed by atoms with Crippen molar-refractivity contribution < 1.29 is 9.53 Å². The van der Waals surface area contributed by atoms with Crippen LogP contribution in [-0.4, -0.2) is 25.2 Å². The van der Waals surface area contributed by atoms with Crippen LogP contribution in [0.25, 0.3) is 0 Å². The largest absolute Gasteiger partial charge is 0.459 e. The van der Waals surface area contributed by atoms with Gasteiger partial charge in [-0.15, -0.1) is 0 Å². The van der Waals surface area contributed by atoms with Crippen LogP contribution in [0.5, 0.6) is 0 Å². The summed E-state index contributed by atoms with van der Waals surface area (Å²) in [5.74, 6) is -0.230. The second-order valence-electron chi connectivity index (χ2n) is 5.55. The average Bonchev–Trinajstić information content (AvgIpc) is 2.57. The minimum atomic E-state index is -0.230. The number of carbonyl (C=O) groups excluding carboxylic acids is 1. The zero-order valence-electron chi connectivity index (χ0n) is 12.4. The van der Waals surface area contributed by atoms with E-state index in [1.54, 1.807) is 12.1 Å². The van der Waals surface area contributed by atoms with Gasteiger partial charge in [-0.05, 0) is 36.4 Å². The van der Waals surface area contributed by atoms with E-state index in [4.69, 9.17) is 10.5 Å². The molecule has 0 radical (unpaired) electrons. The van der Waals surface area contributed by atoms with E-state index in [-0.39, 0.29) is 12.1 Å². The van der Waals surface area contributed by atoms with Gasteiger partial charge < -0.3 is 15.4 Å². The van der Waals surface area contributed by atoms with E-state index in [0.717, 1.165) is 31.6 Å². The molecule has 1 fully saturated rings. The highest BCUT2D eigenvalue weighted by molar-refractivity contribution is 5.89. The van der Waals surface area contributed by atoms with Crippen molar-refractivity contribution in [1.82, 2.24) is 0 Å². The number of carbonyl (C=O) groups is 1. The van der Waals surface area contributed by atoms with Crippen LogP contribution >= 0.6 is 0 Å². The summed E-state index contributed by atoms with van der Waals surface area (Å²) < 4.78 is 5.60. The highest BCUT2D eigenvalue weighted by Gasteiger charge is 2.22. The predicted molar refractivity (Wildman–Crippen MR) is 87.9 cm³/mol. The Kier molecular flexibility index (Phi) is 4.28. The smallest absolute Gasteiger partial charge is 0.338 e. The fraction of sp³-hybridized carbons (Fsp3) is 0.278. The maximum Gasteiger partial charge on any atom is 0.338 e. The van der Waals surface area contributed by atoms with Gasteiger partial charge >= 0.3 is 5.97 Å². The SMILES string of the molecule is Nc1ccc(N2CCC(OC(=O)c3ccccc3)CC2)cc1. The Morgan fingerprint density at radius 3 is 2.27 bits per heavy atom. The van der Waals surface area contributed by atoms with Crippen LogP contribution in [0.2, 0.25) is 0 Å². The van der Waals surface area contributed by atoms with Crippen LogP contribution in [0.3, 0.4) is 0 Å². The van der Waals surface area contributed by atoms with Gasteiger partial charge in [0.25, 0.3) is 0 Å². The van der Waals surface area contributed by atoms with Crippen molar-refractivity contribution in [2.24, 2.45) is 0 Å². The number of hydrogen-bond acceptors (Lipinski definition) is 4. The quantitative estimate of drug-likeness (QED) is 0.698. The highest BCUT2D eigenvalue weighted by Crippen LogP contribution is 2.23. The number of anilines is 2. The molecule has 1 aliphatic heterocycles. The van der Waals surface area contributed by atoms with E-state index in [9.17, 15) is 4.79 Å². The molecule has 1 heterocycles. The first-order chi connectivity index (χ1) is 10.7. The summed E-state index contributed by atoms with van der Waals surface area (Å²) in [7, 11) is 0. The molecule has 0 spiro atoms. The number of hydrogen-bond donors (Lipinski definition) is 1. The average molecular weight is 296 g/mol. The molecule has 2 aromatic carbocycles. The molecule has 2 aromatic rings. The number of benzene rings is 2. The molecule has 22 heavy (non-hydrogen) atoms. The lowest BCUT2D eigenvalue weighted by Gasteiger charge is -2.33. The maximum absolute atomic E-state index is 12.1. The molecule has 4 nitrogen and oxygen atoms in total. The molecule has 4 heteroatoms. The number of nitrogens with two attached hydrogens (primary N) is 1. The third kappa shape index (κ3) is 3.39. The Hall–Kier alpha value is -2.49. The molecule has 0 aliphatic carbocycles. The summed E-state index contributed by atoms with van der Waals surface area (Å²) in [6.45, 7) is 1.77. The molecule has 0 aromatic heterocycles. The van der Waals surface area contributed by atoms with Crippen LogP contribution < -0.4 is 10.6 Å². The second-order valence-corrected chi connectivity index (χ2v) is 5.55. The van der Waals surface area contributed by atoms with Crippen LogP contribution in [0.1, 0.15) is 23.2 Å². The minimum absolute atomic E-state index is 0.00209. The Morgan fingerprint density at radius 2 is 1.64 bits per heavy atom. The lowest BCUT2D eigenvalue weighted by atomic mass is 10.1. The van der Waals surface area contributed by atoms with Gasteiger partial charge in [0.05, 0.1) is 5.56 Å². The fourth-order valence-corrected chi connectivity index (χ4v) is 2.71. The van der Waals surface area contributed by atoms with E-state index in [1.807, 2.05) is 42.5 Å². The van der Waals surface area contributed by atoms with Crippen molar-refractivity contribution in [1.29, 1.82) is 0 Å². The molecule has 0 bridgehead atoms. The van der Waals surface area contributed by atoms with Crippen LogP contribution in [0.15, 0.2) is 54.6 Å². The Bertz CT molecular complexity index is 617. The topological polar surface area (TPSA) is 55.6 Å².